The van der Waals surface area contributed by atoms with Crippen molar-refractivity contribution in [3.8, 4) is 0 Å². The van der Waals surface area contributed by atoms with Crippen molar-refractivity contribution in [2.45, 2.75) is 20.3 Å². The van der Waals surface area contributed by atoms with Gasteiger partial charge in [-0.25, -0.2) is 4.39 Å². The number of carbonyl (C=O) groups is 2. The van der Waals surface area contributed by atoms with Crippen LogP contribution in [0.25, 0.3) is 0 Å². The van der Waals surface area contributed by atoms with E-state index in [1.807, 2.05) is 32.0 Å². The molecule has 2 aromatic rings. The molecule has 3 rings (SSSR count). The maximum atomic E-state index is 13.3. The van der Waals surface area contributed by atoms with Gasteiger partial charge in [-0.05, 0) is 43.2 Å². The second kappa shape index (κ2) is 7.68. The van der Waals surface area contributed by atoms with Crippen LogP contribution in [0.1, 0.15) is 27.0 Å². The van der Waals surface area contributed by atoms with Gasteiger partial charge in [0.05, 0.1) is 6.42 Å². The molecule has 0 spiro atoms. The Balaban J connectivity index is 1.59. The number of hydrogen-bond donors (Lipinski definition) is 0. The third-order valence-corrected chi connectivity index (χ3v) is 4.79. The number of rotatable bonds is 3. The van der Waals surface area contributed by atoms with Crippen molar-refractivity contribution in [2.24, 2.45) is 0 Å². The lowest BCUT2D eigenvalue weighted by molar-refractivity contribution is -0.131. The molecular weight excluding hydrogens is 331 g/mol. The Hall–Kier alpha value is -2.69. The molecule has 0 radical (unpaired) electrons. The maximum absolute atomic E-state index is 13.3. The Morgan fingerprint density at radius 1 is 0.962 bits per heavy atom. The Bertz CT molecular complexity index is 827. The molecule has 136 valence electrons. The molecule has 0 unspecified atom stereocenters. The van der Waals surface area contributed by atoms with Crippen LogP contribution in [-0.2, 0) is 11.2 Å². The van der Waals surface area contributed by atoms with E-state index in [1.54, 1.807) is 21.9 Å². The van der Waals surface area contributed by atoms with Crippen LogP contribution in [0.5, 0.6) is 0 Å². The maximum Gasteiger partial charge on any atom is 0.254 e. The summed E-state index contributed by atoms with van der Waals surface area (Å²) in [5, 5.41) is 0. The zero-order valence-corrected chi connectivity index (χ0v) is 15.2. The Morgan fingerprint density at radius 3 is 2.35 bits per heavy atom. The van der Waals surface area contributed by atoms with Gasteiger partial charge in [-0.15, -0.1) is 0 Å². The first-order chi connectivity index (χ1) is 12.4. The van der Waals surface area contributed by atoms with E-state index < -0.39 is 0 Å². The highest BCUT2D eigenvalue weighted by Gasteiger charge is 2.25. The van der Waals surface area contributed by atoms with Gasteiger partial charge in [0.25, 0.3) is 5.91 Å². The number of hydrogen-bond acceptors (Lipinski definition) is 2. The highest BCUT2D eigenvalue weighted by molar-refractivity contribution is 5.96. The third kappa shape index (κ3) is 4.10. The average Bonchev–Trinajstić information content (AvgIpc) is 2.63. The summed E-state index contributed by atoms with van der Waals surface area (Å²) in [6, 6.07) is 12.0. The normalized spacial score (nSPS) is 14.4. The molecule has 4 nitrogen and oxygen atoms in total. The van der Waals surface area contributed by atoms with E-state index in [-0.39, 0.29) is 24.1 Å². The van der Waals surface area contributed by atoms with Crippen LogP contribution in [-0.4, -0.2) is 47.8 Å². The fraction of sp³-hybridized carbons (Fsp3) is 0.333. The number of carbonyl (C=O) groups excluding carboxylic acids is 2. The van der Waals surface area contributed by atoms with E-state index in [4.69, 9.17) is 0 Å². The van der Waals surface area contributed by atoms with Gasteiger partial charge in [0.2, 0.25) is 5.91 Å². The van der Waals surface area contributed by atoms with Crippen molar-refractivity contribution < 1.29 is 14.0 Å². The number of halogens is 1. The standard InChI is InChI=1S/C21H23FN2O2/c1-15-6-7-16(2)19(12-15)21(26)24-10-8-23(9-11-24)20(25)14-17-4-3-5-18(22)13-17/h3-7,12-13H,8-11,14H2,1-2H3. The molecule has 1 aliphatic heterocycles. The van der Waals surface area contributed by atoms with Crippen molar-refractivity contribution >= 4 is 11.8 Å². The molecule has 0 aromatic heterocycles. The average molecular weight is 354 g/mol. The van der Waals surface area contributed by atoms with Crippen LogP contribution in [0.3, 0.4) is 0 Å². The van der Waals surface area contributed by atoms with E-state index >= 15 is 0 Å². The highest BCUT2D eigenvalue weighted by atomic mass is 19.1. The SMILES string of the molecule is Cc1ccc(C)c(C(=O)N2CCN(C(=O)Cc3cccc(F)c3)CC2)c1. The van der Waals surface area contributed by atoms with Crippen molar-refractivity contribution in [3.05, 3.63) is 70.5 Å². The third-order valence-electron chi connectivity index (χ3n) is 4.79. The quantitative estimate of drug-likeness (QED) is 0.850. The van der Waals surface area contributed by atoms with Gasteiger partial charge in [-0.1, -0.05) is 29.8 Å². The molecule has 5 heteroatoms. The first-order valence-corrected chi connectivity index (χ1v) is 8.83. The topological polar surface area (TPSA) is 40.6 Å². The molecule has 0 N–H and O–H groups in total. The summed E-state index contributed by atoms with van der Waals surface area (Å²) in [4.78, 5) is 28.7. The molecule has 0 saturated carbocycles. The first-order valence-electron chi connectivity index (χ1n) is 8.83. The molecule has 1 aliphatic rings. The number of nitrogens with zero attached hydrogens (tertiary/aromatic N) is 2. The number of piperazine rings is 1. The summed E-state index contributed by atoms with van der Waals surface area (Å²) in [7, 11) is 0. The molecule has 1 saturated heterocycles. The van der Waals surface area contributed by atoms with Crippen molar-refractivity contribution in [1.29, 1.82) is 0 Å². The smallest absolute Gasteiger partial charge is 0.254 e. The molecule has 2 amide bonds. The largest absolute Gasteiger partial charge is 0.339 e. The zero-order chi connectivity index (χ0) is 18.7. The molecule has 1 heterocycles. The Morgan fingerprint density at radius 2 is 1.65 bits per heavy atom. The van der Waals surface area contributed by atoms with Gasteiger partial charge in [0.15, 0.2) is 0 Å². The summed E-state index contributed by atoms with van der Waals surface area (Å²) < 4.78 is 13.3. The van der Waals surface area contributed by atoms with Crippen LogP contribution in [0, 0.1) is 19.7 Å². The van der Waals surface area contributed by atoms with E-state index in [0.29, 0.717) is 31.7 Å². The van der Waals surface area contributed by atoms with E-state index in [0.717, 1.165) is 16.7 Å². The Kier molecular flexibility index (Phi) is 5.35. The monoisotopic (exact) mass is 354 g/mol. The summed E-state index contributed by atoms with van der Waals surface area (Å²) >= 11 is 0. The van der Waals surface area contributed by atoms with Gasteiger partial charge in [0, 0.05) is 31.7 Å². The summed E-state index contributed by atoms with van der Waals surface area (Å²) in [5.74, 6) is -0.350. The van der Waals surface area contributed by atoms with Gasteiger partial charge in [0.1, 0.15) is 5.82 Å². The minimum absolute atomic E-state index is 0.0171. The fourth-order valence-electron chi connectivity index (χ4n) is 3.23. The molecule has 1 fully saturated rings. The molecule has 0 bridgehead atoms. The molecule has 2 aromatic carbocycles. The van der Waals surface area contributed by atoms with E-state index in [9.17, 15) is 14.0 Å². The van der Waals surface area contributed by atoms with Crippen LogP contribution in [0.4, 0.5) is 4.39 Å². The number of aryl methyl sites for hydroxylation is 2. The highest BCUT2D eigenvalue weighted by Crippen LogP contribution is 2.15. The minimum Gasteiger partial charge on any atom is -0.339 e. The second-order valence-corrected chi connectivity index (χ2v) is 6.80. The minimum atomic E-state index is -0.334. The molecule has 26 heavy (non-hydrogen) atoms. The van der Waals surface area contributed by atoms with Crippen LogP contribution >= 0.6 is 0 Å². The fourth-order valence-corrected chi connectivity index (χ4v) is 3.23. The molecule has 0 aliphatic carbocycles. The summed E-state index contributed by atoms with van der Waals surface area (Å²) in [6.07, 6.45) is 0.183. The van der Waals surface area contributed by atoms with Crippen molar-refractivity contribution in [1.82, 2.24) is 9.80 Å². The van der Waals surface area contributed by atoms with Gasteiger partial charge >= 0.3 is 0 Å². The summed E-state index contributed by atoms with van der Waals surface area (Å²) in [6.45, 7) is 5.95. The number of benzene rings is 2. The van der Waals surface area contributed by atoms with Crippen molar-refractivity contribution in [2.75, 3.05) is 26.2 Å². The van der Waals surface area contributed by atoms with Gasteiger partial charge < -0.3 is 9.80 Å². The van der Waals surface area contributed by atoms with Crippen molar-refractivity contribution in [3.63, 3.8) is 0 Å². The van der Waals surface area contributed by atoms with Crippen LogP contribution in [0.15, 0.2) is 42.5 Å². The predicted molar refractivity (Wildman–Crippen MR) is 98.5 cm³/mol. The van der Waals surface area contributed by atoms with Gasteiger partial charge in [-0.3, -0.25) is 9.59 Å². The first kappa shape index (κ1) is 18.1. The van der Waals surface area contributed by atoms with Crippen LogP contribution < -0.4 is 0 Å². The molecular formula is C21H23FN2O2. The second-order valence-electron chi connectivity index (χ2n) is 6.80. The summed E-state index contributed by atoms with van der Waals surface area (Å²) in [5.41, 5.74) is 3.42. The lowest BCUT2D eigenvalue weighted by atomic mass is 10.0. The Labute approximate surface area is 153 Å². The zero-order valence-electron chi connectivity index (χ0n) is 15.2. The predicted octanol–water partition coefficient (Wildman–Crippen LogP) is 2.97. The lowest BCUT2D eigenvalue weighted by Gasteiger charge is -2.35. The van der Waals surface area contributed by atoms with E-state index in [2.05, 4.69) is 0 Å². The lowest BCUT2D eigenvalue weighted by Crippen LogP contribution is -2.51. The molecule has 0 atom stereocenters. The number of amides is 2. The van der Waals surface area contributed by atoms with Crippen LogP contribution in [0.2, 0.25) is 0 Å². The van der Waals surface area contributed by atoms with E-state index in [1.165, 1.54) is 12.1 Å². The van der Waals surface area contributed by atoms with Gasteiger partial charge in [-0.2, -0.15) is 0 Å².